The van der Waals surface area contributed by atoms with Crippen molar-refractivity contribution in [1.82, 2.24) is 9.80 Å². The number of piperidine rings is 3. The van der Waals surface area contributed by atoms with Crippen molar-refractivity contribution in [2.45, 2.75) is 32.0 Å². The number of rotatable bonds is 6. The fourth-order valence-corrected chi connectivity index (χ4v) is 4.68. The first kappa shape index (κ1) is 17.3. The summed E-state index contributed by atoms with van der Waals surface area (Å²) in [6, 6.07) is 22.3. The highest BCUT2D eigenvalue weighted by Gasteiger charge is 2.39. The van der Waals surface area contributed by atoms with Gasteiger partial charge in [-0.3, -0.25) is 9.80 Å². The van der Waals surface area contributed by atoms with Gasteiger partial charge in [0.1, 0.15) is 0 Å². The van der Waals surface area contributed by atoms with Crippen molar-refractivity contribution in [3.63, 3.8) is 0 Å². The molecule has 3 saturated heterocycles. The number of benzene rings is 2. The molecule has 0 aliphatic carbocycles. The quantitative estimate of drug-likeness (QED) is 0.730. The molecule has 0 N–H and O–H groups in total. The van der Waals surface area contributed by atoms with Crippen LogP contribution in [0.25, 0.3) is 0 Å². The topological polar surface area (TPSA) is 6.48 Å². The Balaban J connectivity index is 1.47. The summed E-state index contributed by atoms with van der Waals surface area (Å²) >= 11 is 0. The molecule has 0 spiro atoms. The van der Waals surface area contributed by atoms with E-state index in [1.165, 1.54) is 30.5 Å². The van der Waals surface area contributed by atoms with Gasteiger partial charge >= 0.3 is 0 Å². The van der Waals surface area contributed by atoms with Crippen LogP contribution in [0.5, 0.6) is 0 Å². The summed E-state index contributed by atoms with van der Waals surface area (Å²) in [6.45, 7) is 5.44. The van der Waals surface area contributed by atoms with Crippen molar-refractivity contribution in [2.75, 3.05) is 19.6 Å². The Kier molecular flexibility index (Phi) is 5.39. The molecular weight excluding hydrogens is 316 g/mol. The van der Waals surface area contributed by atoms with Crippen molar-refractivity contribution >= 4 is 0 Å². The molecule has 0 radical (unpaired) electrons. The van der Waals surface area contributed by atoms with Crippen molar-refractivity contribution in [2.24, 2.45) is 11.8 Å². The Morgan fingerprint density at radius 1 is 0.962 bits per heavy atom. The average molecular weight is 345 g/mol. The number of hydrogen-bond acceptors (Lipinski definition) is 2. The van der Waals surface area contributed by atoms with Crippen LogP contribution >= 0.6 is 0 Å². The SMILES string of the molecule is C#C[C@H]1CN2CC[C@H]1C[C@@H]2CN(Cc1ccccc1)Cc1ccccc1. The standard InChI is InChI=1S/C24H28N2/c1-2-22-18-26-14-13-23(22)15-24(26)19-25(16-20-9-5-3-6-10-20)17-21-11-7-4-8-12-21/h1,3-12,22-24H,13-19H2/t22-,23-,24+/m0/s1. The summed E-state index contributed by atoms with van der Waals surface area (Å²) in [6.07, 6.45) is 8.29. The minimum atomic E-state index is 0.469. The van der Waals surface area contributed by atoms with E-state index in [0.29, 0.717) is 12.0 Å². The minimum Gasteiger partial charge on any atom is -0.298 e. The fraction of sp³-hybridized carbons (Fsp3) is 0.417. The van der Waals surface area contributed by atoms with E-state index in [2.05, 4.69) is 76.4 Å². The molecular formula is C24H28N2. The number of terminal acetylenes is 1. The third kappa shape index (κ3) is 4.01. The molecule has 2 aromatic rings. The molecule has 1 unspecified atom stereocenters. The number of nitrogens with zero attached hydrogens (tertiary/aromatic N) is 2. The van der Waals surface area contributed by atoms with Crippen LogP contribution in [0.2, 0.25) is 0 Å². The van der Waals surface area contributed by atoms with Gasteiger partial charge in [-0.1, -0.05) is 60.7 Å². The van der Waals surface area contributed by atoms with Gasteiger partial charge < -0.3 is 0 Å². The van der Waals surface area contributed by atoms with Gasteiger partial charge in [0.15, 0.2) is 0 Å². The first-order valence-corrected chi connectivity index (χ1v) is 9.82. The van der Waals surface area contributed by atoms with E-state index in [4.69, 9.17) is 6.42 Å². The smallest absolute Gasteiger partial charge is 0.0356 e. The van der Waals surface area contributed by atoms with Gasteiger partial charge in [-0.05, 0) is 36.4 Å². The van der Waals surface area contributed by atoms with E-state index in [-0.39, 0.29) is 0 Å². The van der Waals surface area contributed by atoms with Crippen molar-refractivity contribution in [1.29, 1.82) is 0 Å². The average Bonchev–Trinajstić information content (AvgIpc) is 2.70. The lowest BCUT2D eigenvalue weighted by atomic mass is 9.76. The molecule has 2 heteroatoms. The van der Waals surface area contributed by atoms with E-state index in [1.807, 2.05) is 0 Å². The first-order valence-electron chi connectivity index (χ1n) is 9.82. The summed E-state index contributed by atoms with van der Waals surface area (Å²) < 4.78 is 0. The highest BCUT2D eigenvalue weighted by molar-refractivity contribution is 5.17. The molecule has 3 fully saturated rings. The van der Waals surface area contributed by atoms with Crippen molar-refractivity contribution in [3.05, 3.63) is 71.8 Å². The third-order valence-corrected chi connectivity index (χ3v) is 6.06. The van der Waals surface area contributed by atoms with Gasteiger partial charge in [0, 0.05) is 38.1 Å². The van der Waals surface area contributed by atoms with E-state index in [1.54, 1.807) is 0 Å². The Morgan fingerprint density at radius 2 is 1.58 bits per heavy atom. The monoisotopic (exact) mass is 344 g/mol. The highest BCUT2D eigenvalue weighted by Crippen LogP contribution is 2.36. The lowest BCUT2D eigenvalue weighted by Crippen LogP contribution is -2.56. The first-order chi connectivity index (χ1) is 12.8. The second-order valence-corrected chi connectivity index (χ2v) is 7.85. The van der Waals surface area contributed by atoms with Crippen LogP contribution in [0.1, 0.15) is 24.0 Å². The van der Waals surface area contributed by atoms with Crippen LogP contribution in [0.3, 0.4) is 0 Å². The van der Waals surface area contributed by atoms with E-state index >= 15 is 0 Å². The summed E-state index contributed by atoms with van der Waals surface area (Å²) in [5.41, 5.74) is 2.78. The van der Waals surface area contributed by atoms with Gasteiger partial charge in [-0.2, -0.15) is 0 Å². The molecule has 3 heterocycles. The van der Waals surface area contributed by atoms with Gasteiger partial charge in [0.25, 0.3) is 0 Å². The van der Waals surface area contributed by atoms with Gasteiger partial charge in [-0.25, -0.2) is 0 Å². The Hall–Kier alpha value is -2.08. The zero-order chi connectivity index (χ0) is 17.8. The summed E-state index contributed by atoms with van der Waals surface area (Å²) in [4.78, 5) is 5.26. The summed E-state index contributed by atoms with van der Waals surface area (Å²) in [5, 5.41) is 0. The fourth-order valence-electron chi connectivity index (χ4n) is 4.68. The molecule has 5 rings (SSSR count). The molecule has 134 valence electrons. The Morgan fingerprint density at radius 3 is 2.08 bits per heavy atom. The second-order valence-electron chi connectivity index (χ2n) is 7.85. The number of hydrogen-bond donors (Lipinski definition) is 0. The zero-order valence-electron chi connectivity index (χ0n) is 15.4. The van der Waals surface area contributed by atoms with Crippen LogP contribution < -0.4 is 0 Å². The number of fused-ring (bicyclic) bond motifs is 3. The molecule has 4 atom stereocenters. The second kappa shape index (κ2) is 8.08. The molecule has 0 aromatic heterocycles. The van der Waals surface area contributed by atoms with Crippen LogP contribution in [-0.4, -0.2) is 35.5 Å². The minimum absolute atomic E-state index is 0.469. The lowest BCUT2D eigenvalue weighted by molar-refractivity contribution is 0.00286. The molecule has 2 bridgehead atoms. The maximum Gasteiger partial charge on any atom is 0.0356 e. The Labute approximate surface area is 157 Å². The maximum atomic E-state index is 5.75. The van der Waals surface area contributed by atoms with Crippen molar-refractivity contribution < 1.29 is 0 Å². The molecule has 0 amide bonds. The maximum absolute atomic E-state index is 5.75. The molecule has 0 saturated carbocycles. The predicted molar refractivity (Wildman–Crippen MR) is 107 cm³/mol. The third-order valence-electron chi connectivity index (χ3n) is 6.06. The summed E-state index contributed by atoms with van der Waals surface area (Å²) in [7, 11) is 0. The largest absolute Gasteiger partial charge is 0.298 e. The van der Waals surface area contributed by atoms with Gasteiger partial charge in [0.2, 0.25) is 0 Å². The molecule has 2 aromatic carbocycles. The van der Waals surface area contributed by atoms with Crippen LogP contribution in [0.15, 0.2) is 60.7 Å². The van der Waals surface area contributed by atoms with Crippen LogP contribution in [0, 0.1) is 24.2 Å². The molecule has 2 nitrogen and oxygen atoms in total. The van der Waals surface area contributed by atoms with E-state index in [0.717, 1.165) is 32.1 Å². The van der Waals surface area contributed by atoms with Gasteiger partial charge in [0.05, 0.1) is 0 Å². The van der Waals surface area contributed by atoms with E-state index < -0.39 is 0 Å². The normalized spacial score (nSPS) is 27.4. The van der Waals surface area contributed by atoms with Crippen LogP contribution in [-0.2, 0) is 13.1 Å². The predicted octanol–water partition coefficient (Wildman–Crippen LogP) is 4.03. The van der Waals surface area contributed by atoms with Crippen molar-refractivity contribution in [3.8, 4) is 12.3 Å². The summed E-state index contributed by atoms with van der Waals surface area (Å²) in [5.74, 6) is 4.23. The highest BCUT2D eigenvalue weighted by atomic mass is 15.2. The molecule has 3 aliphatic heterocycles. The van der Waals surface area contributed by atoms with Gasteiger partial charge in [-0.15, -0.1) is 12.3 Å². The molecule has 3 aliphatic rings. The molecule has 26 heavy (non-hydrogen) atoms. The van der Waals surface area contributed by atoms with E-state index in [9.17, 15) is 0 Å². The Bertz CT molecular complexity index is 692. The van der Waals surface area contributed by atoms with Crippen LogP contribution in [0.4, 0.5) is 0 Å². The lowest BCUT2D eigenvalue weighted by Gasteiger charge is -2.49. The zero-order valence-corrected chi connectivity index (χ0v) is 15.4.